The number of pyridine rings is 1. The number of hydrogen-bond acceptors (Lipinski definition) is 2. The van der Waals surface area contributed by atoms with Crippen molar-refractivity contribution in [1.82, 2.24) is 15.0 Å². The van der Waals surface area contributed by atoms with Gasteiger partial charge in [-0.1, -0.05) is 6.07 Å². The van der Waals surface area contributed by atoms with E-state index in [2.05, 4.69) is 30.9 Å². The van der Waals surface area contributed by atoms with Gasteiger partial charge in [-0.3, -0.25) is 0 Å². The van der Waals surface area contributed by atoms with E-state index in [0.717, 1.165) is 11.2 Å². The van der Waals surface area contributed by atoms with Crippen molar-refractivity contribution in [2.75, 3.05) is 0 Å². The summed E-state index contributed by atoms with van der Waals surface area (Å²) < 4.78 is 14.4. The molecule has 0 aliphatic rings. The van der Waals surface area contributed by atoms with Crippen molar-refractivity contribution >= 4 is 27.1 Å². The van der Waals surface area contributed by atoms with Crippen LogP contribution in [-0.4, -0.2) is 15.0 Å². The molecule has 1 aromatic carbocycles. The number of nitrogens with one attached hydrogen (secondary N) is 1. The molecule has 18 heavy (non-hydrogen) atoms. The van der Waals surface area contributed by atoms with Crippen molar-refractivity contribution in [2.45, 2.75) is 6.92 Å². The molecular weight excluding hydrogens is 297 g/mol. The molecule has 3 aromatic rings. The Morgan fingerprint density at radius 2 is 2.00 bits per heavy atom. The Balaban J connectivity index is 2.22. The molecule has 0 spiro atoms. The van der Waals surface area contributed by atoms with E-state index in [1.54, 1.807) is 18.2 Å². The first-order valence-corrected chi connectivity index (χ1v) is 6.22. The average Bonchev–Trinajstić information content (AvgIpc) is 2.75. The maximum atomic E-state index is 14.0. The molecule has 0 unspecified atom stereocenters. The third-order valence-corrected chi connectivity index (χ3v) is 3.30. The number of H-pyrrole nitrogens is 1. The van der Waals surface area contributed by atoms with Gasteiger partial charge in [0.15, 0.2) is 5.65 Å². The van der Waals surface area contributed by atoms with Gasteiger partial charge in [0.05, 0.1) is 15.6 Å². The van der Waals surface area contributed by atoms with Crippen molar-refractivity contribution in [1.29, 1.82) is 0 Å². The summed E-state index contributed by atoms with van der Waals surface area (Å²) in [6, 6.07) is 8.90. The minimum atomic E-state index is -0.326. The molecule has 1 N–H and O–H groups in total. The zero-order chi connectivity index (χ0) is 12.7. The molecular formula is C13H9BrFN3. The second kappa shape index (κ2) is 4.17. The van der Waals surface area contributed by atoms with Gasteiger partial charge in [-0.15, -0.1) is 0 Å². The maximum Gasteiger partial charge on any atom is 0.178 e. The molecule has 0 saturated heterocycles. The number of aromatic nitrogens is 3. The van der Waals surface area contributed by atoms with Crippen molar-refractivity contribution in [3.63, 3.8) is 0 Å². The van der Waals surface area contributed by atoms with Gasteiger partial charge < -0.3 is 4.98 Å². The third-order valence-electron chi connectivity index (χ3n) is 2.69. The summed E-state index contributed by atoms with van der Waals surface area (Å²) in [5.74, 6) is 0.162. The van der Waals surface area contributed by atoms with Crippen molar-refractivity contribution < 1.29 is 4.39 Å². The van der Waals surface area contributed by atoms with Crippen LogP contribution in [0, 0.1) is 12.7 Å². The standard InChI is InChI=1S/C13H9BrFN3/c1-7-5-6-10-13(16-7)18-12(17-10)8-3-2-4-9(14)11(8)15/h2-6H,1H3,(H,16,17,18). The molecule has 0 aliphatic carbocycles. The van der Waals surface area contributed by atoms with E-state index in [1.807, 2.05) is 19.1 Å². The van der Waals surface area contributed by atoms with Crippen LogP contribution >= 0.6 is 15.9 Å². The van der Waals surface area contributed by atoms with Gasteiger partial charge >= 0.3 is 0 Å². The minimum Gasteiger partial charge on any atom is -0.336 e. The largest absolute Gasteiger partial charge is 0.336 e. The number of aromatic amines is 1. The highest BCUT2D eigenvalue weighted by molar-refractivity contribution is 9.10. The predicted molar refractivity (Wildman–Crippen MR) is 71.7 cm³/mol. The number of halogens is 2. The van der Waals surface area contributed by atoms with E-state index in [0.29, 0.717) is 21.5 Å². The summed E-state index contributed by atoms with van der Waals surface area (Å²) in [4.78, 5) is 11.7. The predicted octanol–water partition coefficient (Wildman–Crippen LogP) is 3.83. The first kappa shape index (κ1) is 11.3. The van der Waals surface area contributed by atoms with Crippen molar-refractivity contribution in [2.24, 2.45) is 0 Å². The quantitative estimate of drug-likeness (QED) is 0.742. The van der Waals surface area contributed by atoms with E-state index in [4.69, 9.17) is 0 Å². The molecule has 0 bridgehead atoms. The molecule has 2 heterocycles. The second-order valence-corrected chi connectivity index (χ2v) is 4.86. The summed E-state index contributed by atoms with van der Waals surface area (Å²) in [5, 5.41) is 0. The first-order chi connectivity index (χ1) is 8.65. The summed E-state index contributed by atoms with van der Waals surface area (Å²) >= 11 is 3.17. The van der Waals surface area contributed by atoms with Crippen LogP contribution in [0.5, 0.6) is 0 Å². The van der Waals surface area contributed by atoms with Crippen LogP contribution in [-0.2, 0) is 0 Å². The van der Waals surface area contributed by atoms with Crippen LogP contribution < -0.4 is 0 Å². The number of fused-ring (bicyclic) bond motifs is 1. The lowest BCUT2D eigenvalue weighted by Gasteiger charge is -2.00. The molecule has 0 saturated carbocycles. The maximum absolute atomic E-state index is 14.0. The molecule has 90 valence electrons. The van der Waals surface area contributed by atoms with Crippen LogP contribution in [0.3, 0.4) is 0 Å². The number of nitrogens with zero attached hydrogens (tertiary/aromatic N) is 2. The Labute approximate surface area is 111 Å². The van der Waals surface area contributed by atoms with Crippen LogP contribution in [0.15, 0.2) is 34.8 Å². The SMILES string of the molecule is Cc1ccc2[nH]c(-c3cccc(Br)c3F)nc2n1. The van der Waals surface area contributed by atoms with Gasteiger partial charge in [-0.05, 0) is 47.1 Å². The zero-order valence-corrected chi connectivity index (χ0v) is 11.1. The highest BCUT2D eigenvalue weighted by atomic mass is 79.9. The van der Waals surface area contributed by atoms with Gasteiger partial charge in [-0.2, -0.15) is 0 Å². The summed E-state index contributed by atoms with van der Waals surface area (Å²) in [6.45, 7) is 1.90. The lowest BCUT2D eigenvalue weighted by molar-refractivity contribution is 0.623. The molecule has 0 atom stereocenters. The van der Waals surface area contributed by atoms with Crippen molar-refractivity contribution in [3.05, 3.63) is 46.3 Å². The Morgan fingerprint density at radius 3 is 2.83 bits per heavy atom. The monoisotopic (exact) mass is 305 g/mol. The van der Waals surface area contributed by atoms with E-state index in [-0.39, 0.29) is 5.82 Å². The second-order valence-electron chi connectivity index (χ2n) is 4.01. The van der Waals surface area contributed by atoms with Gasteiger partial charge in [0.25, 0.3) is 0 Å². The van der Waals surface area contributed by atoms with E-state index < -0.39 is 0 Å². The normalized spacial score (nSPS) is 11.1. The molecule has 3 nitrogen and oxygen atoms in total. The number of imidazole rings is 1. The van der Waals surface area contributed by atoms with Crippen molar-refractivity contribution in [3.8, 4) is 11.4 Å². The van der Waals surface area contributed by atoms with Crippen LogP contribution in [0.4, 0.5) is 4.39 Å². The van der Waals surface area contributed by atoms with E-state index in [9.17, 15) is 4.39 Å². The van der Waals surface area contributed by atoms with Crippen LogP contribution in [0.25, 0.3) is 22.6 Å². The number of benzene rings is 1. The lowest BCUT2D eigenvalue weighted by Crippen LogP contribution is -1.87. The smallest absolute Gasteiger partial charge is 0.178 e. The fraction of sp³-hybridized carbons (Fsp3) is 0.0769. The van der Waals surface area contributed by atoms with Crippen LogP contribution in [0.1, 0.15) is 5.69 Å². The molecule has 2 aromatic heterocycles. The minimum absolute atomic E-state index is 0.326. The van der Waals surface area contributed by atoms with Gasteiger partial charge in [-0.25, -0.2) is 14.4 Å². The molecule has 0 amide bonds. The summed E-state index contributed by atoms with van der Waals surface area (Å²) in [7, 11) is 0. The summed E-state index contributed by atoms with van der Waals surface area (Å²) in [5.41, 5.74) is 2.72. The van der Waals surface area contributed by atoms with E-state index >= 15 is 0 Å². The number of rotatable bonds is 1. The van der Waals surface area contributed by atoms with Crippen LogP contribution in [0.2, 0.25) is 0 Å². The van der Waals surface area contributed by atoms with Gasteiger partial charge in [0, 0.05) is 5.69 Å². The first-order valence-electron chi connectivity index (χ1n) is 5.43. The number of aryl methyl sites for hydroxylation is 1. The zero-order valence-electron chi connectivity index (χ0n) is 9.54. The fourth-order valence-electron chi connectivity index (χ4n) is 1.80. The topological polar surface area (TPSA) is 41.6 Å². The number of hydrogen-bond donors (Lipinski definition) is 1. The highest BCUT2D eigenvalue weighted by Crippen LogP contribution is 2.27. The Morgan fingerprint density at radius 1 is 1.17 bits per heavy atom. The summed E-state index contributed by atoms with van der Waals surface area (Å²) in [6.07, 6.45) is 0. The molecule has 0 aliphatic heterocycles. The third kappa shape index (κ3) is 1.80. The Bertz CT molecular complexity index is 736. The highest BCUT2D eigenvalue weighted by Gasteiger charge is 2.12. The fourth-order valence-corrected chi connectivity index (χ4v) is 2.17. The Hall–Kier alpha value is -1.75. The molecule has 0 fully saturated rings. The van der Waals surface area contributed by atoms with Gasteiger partial charge in [0.1, 0.15) is 11.6 Å². The lowest BCUT2D eigenvalue weighted by atomic mass is 10.2. The van der Waals surface area contributed by atoms with E-state index in [1.165, 1.54) is 0 Å². The molecule has 3 rings (SSSR count). The Kier molecular flexibility index (Phi) is 2.63. The molecule has 0 radical (unpaired) electrons. The molecule has 5 heteroatoms. The van der Waals surface area contributed by atoms with Gasteiger partial charge in [0.2, 0.25) is 0 Å². The average molecular weight is 306 g/mol.